The first kappa shape index (κ1) is 28.8. The summed E-state index contributed by atoms with van der Waals surface area (Å²) in [6.07, 6.45) is 2.42. The van der Waals surface area contributed by atoms with Crippen molar-refractivity contribution in [3.05, 3.63) is 49.2 Å². The molecule has 0 unspecified atom stereocenters. The lowest BCUT2D eigenvalue weighted by Crippen LogP contribution is -2.48. The van der Waals surface area contributed by atoms with Crippen molar-refractivity contribution in [1.82, 2.24) is 0 Å². The molecule has 1 aliphatic carbocycles. The van der Waals surface area contributed by atoms with Gasteiger partial charge in [-0.15, -0.1) is 34.0 Å². The topological polar surface area (TPSA) is 43.5 Å². The third-order valence-corrected chi connectivity index (χ3v) is 22.3. The van der Waals surface area contributed by atoms with E-state index in [2.05, 4.69) is 87.6 Å². The van der Waals surface area contributed by atoms with Crippen molar-refractivity contribution >= 4 is 109 Å². The molecule has 4 nitrogen and oxygen atoms in total. The lowest BCUT2D eigenvalue weighted by Gasteiger charge is -2.21. The number of thiophene rings is 3. The van der Waals surface area contributed by atoms with Crippen LogP contribution in [0.5, 0.6) is 0 Å². The van der Waals surface area contributed by atoms with Crippen LogP contribution in [0.3, 0.4) is 0 Å². The fourth-order valence-corrected chi connectivity index (χ4v) is 21.6. The molecule has 42 heavy (non-hydrogen) atoms. The number of hydrogen-bond acceptors (Lipinski definition) is 7. The summed E-state index contributed by atoms with van der Waals surface area (Å²) < 4.78 is 4.68. The van der Waals surface area contributed by atoms with Crippen LogP contribution in [0.1, 0.15) is 32.6 Å². The Kier molecular flexibility index (Phi) is 6.70. The number of fused-ring (bicyclic) bond motifs is 5. The number of hydrogen-bond donors (Lipinski definition) is 1. The molecule has 0 bridgehead atoms. The normalized spacial score (nSPS) is 20.5. The number of aliphatic hydroxyl groups excluding tert-OH is 1. The maximum atomic E-state index is 13.8. The minimum Gasteiger partial charge on any atom is -0.506 e. The van der Waals surface area contributed by atoms with Crippen LogP contribution in [-0.2, 0) is 4.79 Å². The van der Waals surface area contributed by atoms with Crippen LogP contribution < -0.4 is 29.5 Å². The van der Waals surface area contributed by atoms with E-state index in [0.717, 1.165) is 35.6 Å². The molecule has 3 aromatic heterocycles. The van der Waals surface area contributed by atoms with Gasteiger partial charge in [0.2, 0.25) is 10.8 Å². The van der Waals surface area contributed by atoms with Crippen molar-refractivity contribution in [3.63, 3.8) is 0 Å². The Morgan fingerprint density at radius 1 is 0.833 bits per heavy atom. The molecular formula is C32H37N2O2S4Si2+. The second-order valence-corrected chi connectivity index (χ2v) is 25.2. The maximum absolute atomic E-state index is 13.8. The van der Waals surface area contributed by atoms with Crippen molar-refractivity contribution in [2.45, 2.75) is 53.9 Å². The zero-order chi connectivity index (χ0) is 29.9. The molecule has 218 valence electrons. The van der Waals surface area contributed by atoms with Crippen molar-refractivity contribution in [2.24, 2.45) is 0 Å². The van der Waals surface area contributed by atoms with Gasteiger partial charge in [0.15, 0.2) is 0 Å². The van der Waals surface area contributed by atoms with Gasteiger partial charge < -0.3 is 10.0 Å². The first-order chi connectivity index (χ1) is 20.0. The highest BCUT2D eigenvalue weighted by molar-refractivity contribution is 8.22. The average molecular weight is 666 g/mol. The molecule has 0 amide bonds. The van der Waals surface area contributed by atoms with Crippen molar-refractivity contribution in [3.8, 4) is 9.75 Å². The molecule has 4 aliphatic rings. The fourth-order valence-electron chi connectivity index (χ4n) is 6.85. The van der Waals surface area contributed by atoms with Gasteiger partial charge in [0.25, 0.3) is 0 Å². The van der Waals surface area contributed by atoms with Crippen LogP contribution in [0.4, 0.5) is 5.00 Å². The molecule has 3 aliphatic heterocycles. The molecular weight excluding hydrogens is 629 g/mol. The first-order valence-corrected chi connectivity index (χ1v) is 24.2. The smallest absolute Gasteiger partial charge is 0.239 e. The highest BCUT2D eigenvalue weighted by Crippen LogP contribution is 2.47. The largest absolute Gasteiger partial charge is 0.506 e. The Bertz CT molecular complexity index is 1940. The summed E-state index contributed by atoms with van der Waals surface area (Å²) in [7, 11) is -3.72. The Hall–Kier alpha value is -1.96. The molecule has 0 fully saturated rings. The molecule has 0 atom stereocenters. The fraction of sp³-hybridized carbons (Fsp3) is 0.375. The molecule has 0 radical (unpaired) electrons. The quantitative estimate of drug-likeness (QED) is 0.300. The summed E-state index contributed by atoms with van der Waals surface area (Å²) in [4.78, 5) is 21.2. The molecule has 6 heterocycles. The second-order valence-electron chi connectivity index (χ2n) is 12.4. The number of thioether (sulfide) groups is 1. The first-order valence-electron chi connectivity index (χ1n) is 14.9. The Morgan fingerprint density at radius 3 is 2.14 bits per heavy atom. The van der Waals surface area contributed by atoms with Crippen molar-refractivity contribution < 1.29 is 14.5 Å². The van der Waals surface area contributed by atoms with E-state index in [4.69, 9.17) is 0 Å². The number of allylic oxidation sites excluding steroid dienone is 2. The van der Waals surface area contributed by atoms with E-state index in [1.54, 1.807) is 22.7 Å². The number of rotatable bonds is 6. The van der Waals surface area contributed by atoms with E-state index in [0.29, 0.717) is 11.1 Å². The van der Waals surface area contributed by atoms with E-state index in [-0.39, 0.29) is 11.5 Å². The van der Waals surface area contributed by atoms with E-state index in [1.807, 2.05) is 23.1 Å². The van der Waals surface area contributed by atoms with E-state index >= 15 is 0 Å². The number of carbonyl (C=O) groups is 1. The lowest BCUT2D eigenvalue weighted by molar-refractivity contribution is -0.517. The molecule has 10 heteroatoms. The van der Waals surface area contributed by atoms with Crippen molar-refractivity contribution in [2.75, 3.05) is 31.1 Å². The number of carbonyl (C=O) groups excluding carboxylic acids is 1. The molecule has 0 saturated heterocycles. The van der Waals surface area contributed by atoms with Crippen LogP contribution in [-0.4, -0.2) is 62.8 Å². The number of aliphatic hydroxyl groups is 1. The summed E-state index contributed by atoms with van der Waals surface area (Å²) in [5, 5.41) is 20.0. The molecule has 0 aromatic carbocycles. The van der Waals surface area contributed by atoms with Crippen LogP contribution in [0.15, 0.2) is 35.2 Å². The minimum absolute atomic E-state index is 0.00300. The zero-order valence-corrected chi connectivity index (χ0v) is 30.8. The van der Waals surface area contributed by atoms with Gasteiger partial charge in [-0.3, -0.25) is 4.79 Å². The summed E-state index contributed by atoms with van der Waals surface area (Å²) in [6, 6.07) is 6.88. The molecule has 0 saturated carbocycles. The Balaban J connectivity index is 1.31. The standard InChI is InChI=1S/C32H36N2O2S4Si2/c1-9-33(10-2)23-15-21-31(39-23)29-19(41(21,5)6)13-17(37-29)25-27(35)26(28(25)36)18-14-20-30(38-18)32-22(42(20,7)8)16-24(40-32)34(11-3)12-4/h13-16H,9-12H2,1-8H3/p+1. The van der Waals surface area contributed by atoms with Gasteiger partial charge >= 0.3 is 0 Å². The average Bonchev–Trinajstić information content (AvgIpc) is 3.77. The highest BCUT2D eigenvalue weighted by atomic mass is 32.2. The molecule has 1 N–H and O–H groups in total. The third-order valence-electron chi connectivity index (χ3n) is 9.58. The minimum atomic E-state index is -1.86. The lowest BCUT2D eigenvalue weighted by atomic mass is 9.87. The predicted molar refractivity (Wildman–Crippen MR) is 192 cm³/mol. The van der Waals surface area contributed by atoms with Gasteiger partial charge in [-0.05, 0) is 78.4 Å². The molecule has 0 spiro atoms. The Labute approximate surface area is 266 Å². The number of anilines is 1. The summed E-state index contributed by atoms with van der Waals surface area (Å²) in [6.45, 7) is 22.6. The predicted octanol–water partition coefficient (Wildman–Crippen LogP) is 4.92. The van der Waals surface area contributed by atoms with Gasteiger partial charge in [0.05, 0.1) is 16.1 Å². The number of Topliss-reactive ketones (excluding diaryl/α,β-unsaturated/α-hetero) is 1. The van der Waals surface area contributed by atoms with Gasteiger partial charge in [-0.25, -0.2) is 4.58 Å². The monoisotopic (exact) mass is 665 g/mol. The SMILES string of the molecule is CCN(CC)c1cc2c(s1)-c1sc(C3=C(O)/C(=c4\cc5c(s4)=C4SC(=[N+](CC)CC)C=C4[Si]5(C)C)C3=O)cc1[Si]2(C)C. The number of ketones is 1. The van der Waals surface area contributed by atoms with Crippen LogP contribution in [0.25, 0.3) is 25.8 Å². The van der Waals surface area contributed by atoms with Crippen molar-refractivity contribution in [1.29, 1.82) is 0 Å². The zero-order valence-electron chi connectivity index (χ0n) is 25.5. The van der Waals surface area contributed by atoms with E-state index in [9.17, 15) is 9.90 Å². The third kappa shape index (κ3) is 3.75. The van der Waals surface area contributed by atoms with Crippen LogP contribution in [0.2, 0.25) is 26.2 Å². The van der Waals surface area contributed by atoms with Gasteiger partial charge in [-0.1, -0.05) is 26.2 Å². The summed E-state index contributed by atoms with van der Waals surface area (Å²) in [5.74, 6) is 0.181. The van der Waals surface area contributed by atoms with Crippen LogP contribution >= 0.6 is 45.8 Å². The maximum Gasteiger partial charge on any atom is 0.239 e. The van der Waals surface area contributed by atoms with E-state index < -0.39 is 16.1 Å². The summed E-state index contributed by atoms with van der Waals surface area (Å²) >= 11 is 7.19. The number of nitrogens with zero attached hydrogens (tertiary/aromatic N) is 2. The van der Waals surface area contributed by atoms with Gasteiger partial charge in [-0.2, -0.15) is 0 Å². The second kappa shape index (κ2) is 9.77. The van der Waals surface area contributed by atoms with Gasteiger partial charge in [0.1, 0.15) is 35.0 Å². The summed E-state index contributed by atoms with van der Waals surface area (Å²) in [5.41, 5.74) is 1.03. The van der Waals surface area contributed by atoms with Gasteiger partial charge in [0, 0.05) is 47.8 Å². The van der Waals surface area contributed by atoms with Crippen LogP contribution in [0, 0.1) is 0 Å². The molecule has 7 rings (SSSR count). The molecule has 3 aromatic rings. The highest BCUT2D eigenvalue weighted by Gasteiger charge is 2.46. The van der Waals surface area contributed by atoms with E-state index in [1.165, 1.54) is 50.0 Å². The Morgan fingerprint density at radius 2 is 1.50 bits per heavy atom.